The SMILES string of the molecule is Fc1cccc(N[C@H]2CCCN(Cc3cnc(N4CCOCC4)s3)C2)c1. The molecule has 0 radical (unpaired) electrons. The van der Waals surface area contributed by atoms with E-state index in [9.17, 15) is 4.39 Å². The molecule has 0 saturated carbocycles. The highest BCUT2D eigenvalue weighted by Crippen LogP contribution is 2.26. The van der Waals surface area contributed by atoms with Gasteiger partial charge in [-0.1, -0.05) is 6.07 Å². The zero-order valence-electron chi connectivity index (χ0n) is 14.9. The number of ether oxygens (including phenoxy) is 1. The summed E-state index contributed by atoms with van der Waals surface area (Å²) in [6.45, 7) is 6.44. The number of nitrogens with zero attached hydrogens (tertiary/aromatic N) is 3. The molecule has 26 heavy (non-hydrogen) atoms. The number of anilines is 2. The van der Waals surface area contributed by atoms with Crippen LogP contribution < -0.4 is 10.2 Å². The number of nitrogens with one attached hydrogen (secondary N) is 1. The van der Waals surface area contributed by atoms with E-state index in [1.807, 2.05) is 12.3 Å². The van der Waals surface area contributed by atoms with Crippen molar-refractivity contribution in [2.24, 2.45) is 0 Å². The first kappa shape index (κ1) is 17.7. The Morgan fingerprint density at radius 2 is 2.15 bits per heavy atom. The maximum atomic E-state index is 13.4. The fraction of sp³-hybridized carbons (Fsp3) is 0.526. The van der Waals surface area contributed by atoms with Gasteiger partial charge in [-0.3, -0.25) is 4.90 Å². The molecule has 4 rings (SSSR count). The summed E-state index contributed by atoms with van der Waals surface area (Å²) in [7, 11) is 0. The van der Waals surface area contributed by atoms with Gasteiger partial charge in [0.25, 0.3) is 0 Å². The molecule has 2 aromatic rings. The molecule has 1 aromatic heterocycles. The third-order valence-corrected chi connectivity index (χ3v) is 5.95. The highest BCUT2D eigenvalue weighted by Gasteiger charge is 2.21. The molecular formula is C19H25FN4OS. The number of rotatable bonds is 5. The number of benzene rings is 1. The van der Waals surface area contributed by atoms with Gasteiger partial charge in [-0.25, -0.2) is 9.37 Å². The third kappa shape index (κ3) is 4.52. The fourth-order valence-corrected chi connectivity index (χ4v) is 4.63. The van der Waals surface area contributed by atoms with Gasteiger partial charge in [-0.15, -0.1) is 11.3 Å². The van der Waals surface area contributed by atoms with Gasteiger partial charge in [0.15, 0.2) is 5.13 Å². The molecule has 0 bridgehead atoms. The summed E-state index contributed by atoms with van der Waals surface area (Å²) < 4.78 is 18.8. The van der Waals surface area contributed by atoms with Crippen LogP contribution in [0.15, 0.2) is 30.5 Å². The predicted molar refractivity (Wildman–Crippen MR) is 103 cm³/mol. The normalized spacial score (nSPS) is 21.7. The van der Waals surface area contributed by atoms with Crippen LogP contribution in [0.2, 0.25) is 0 Å². The van der Waals surface area contributed by atoms with Crippen LogP contribution in [0.5, 0.6) is 0 Å². The Morgan fingerprint density at radius 1 is 1.27 bits per heavy atom. The second-order valence-corrected chi connectivity index (χ2v) is 8.03. The topological polar surface area (TPSA) is 40.6 Å². The van der Waals surface area contributed by atoms with Gasteiger partial charge in [0.05, 0.1) is 13.2 Å². The molecule has 0 aliphatic carbocycles. The van der Waals surface area contributed by atoms with Gasteiger partial charge in [0, 0.05) is 49.0 Å². The van der Waals surface area contributed by atoms with Crippen molar-refractivity contribution in [3.8, 4) is 0 Å². The number of piperidine rings is 1. The molecule has 0 amide bonds. The molecule has 7 heteroatoms. The van der Waals surface area contributed by atoms with E-state index in [-0.39, 0.29) is 5.82 Å². The van der Waals surface area contributed by atoms with E-state index in [2.05, 4.69) is 20.1 Å². The smallest absolute Gasteiger partial charge is 0.185 e. The average Bonchev–Trinajstić information content (AvgIpc) is 3.11. The zero-order chi connectivity index (χ0) is 17.8. The summed E-state index contributed by atoms with van der Waals surface area (Å²) in [6, 6.07) is 7.09. The predicted octanol–water partition coefficient (Wildman–Crippen LogP) is 3.20. The molecule has 2 saturated heterocycles. The van der Waals surface area contributed by atoms with Crippen LogP contribution in [0.3, 0.4) is 0 Å². The lowest BCUT2D eigenvalue weighted by Gasteiger charge is -2.33. The van der Waals surface area contributed by atoms with Crippen LogP contribution in [0.1, 0.15) is 17.7 Å². The van der Waals surface area contributed by atoms with E-state index in [0.717, 1.165) is 69.6 Å². The molecule has 2 aliphatic heterocycles. The molecule has 2 aliphatic rings. The summed E-state index contributed by atoms with van der Waals surface area (Å²) in [6.07, 6.45) is 4.29. The van der Waals surface area contributed by atoms with Crippen molar-refractivity contribution in [1.82, 2.24) is 9.88 Å². The largest absolute Gasteiger partial charge is 0.381 e. The first-order valence-corrected chi connectivity index (χ1v) is 10.1. The fourth-order valence-electron chi connectivity index (χ4n) is 3.62. The molecule has 140 valence electrons. The molecule has 1 atom stereocenters. The van der Waals surface area contributed by atoms with Crippen LogP contribution in [-0.2, 0) is 11.3 Å². The second-order valence-electron chi connectivity index (χ2n) is 6.94. The van der Waals surface area contributed by atoms with Gasteiger partial charge >= 0.3 is 0 Å². The summed E-state index contributed by atoms with van der Waals surface area (Å²) in [5.74, 6) is -0.192. The molecular weight excluding hydrogens is 351 g/mol. The third-order valence-electron chi connectivity index (χ3n) is 4.90. The lowest BCUT2D eigenvalue weighted by molar-refractivity contribution is 0.122. The standard InChI is InChI=1S/C19H25FN4OS/c20-15-3-1-4-16(11-15)22-17-5-2-6-23(13-17)14-18-12-21-19(26-18)24-7-9-25-10-8-24/h1,3-4,11-12,17,22H,2,5-10,13-14H2/t17-/m0/s1. The summed E-state index contributed by atoms with van der Waals surface area (Å²) in [5.41, 5.74) is 0.865. The summed E-state index contributed by atoms with van der Waals surface area (Å²) >= 11 is 1.79. The molecule has 3 heterocycles. The van der Waals surface area contributed by atoms with Gasteiger partial charge in [-0.2, -0.15) is 0 Å². The summed E-state index contributed by atoms with van der Waals surface area (Å²) in [5, 5.41) is 4.58. The van der Waals surface area contributed by atoms with E-state index in [1.165, 1.54) is 10.9 Å². The second kappa shape index (κ2) is 8.33. The van der Waals surface area contributed by atoms with Crippen molar-refractivity contribution in [1.29, 1.82) is 0 Å². The number of thiazole rings is 1. The van der Waals surface area contributed by atoms with Gasteiger partial charge in [-0.05, 0) is 37.6 Å². The first-order valence-electron chi connectivity index (χ1n) is 9.28. The maximum absolute atomic E-state index is 13.4. The zero-order valence-corrected chi connectivity index (χ0v) is 15.7. The Balaban J connectivity index is 1.32. The van der Waals surface area contributed by atoms with Crippen LogP contribution in [0.4, 0.5) is 15.2 Å². The number of hydrogen-bond acceptors (Lipinski definition) is 6. The quantitative estimate of drug-likeness (QED) is 0.868. The molecule has 2 fully saturated rings. The lowest BCUT2D eigenvalue weighted by atomic mass is 10.1. The Bertz CT molecular complexity index is 719. The van der Waals surface area contributed by atoms with Crippen molar-refractivity contribution in [2.75, 3.05) is 49.6 Å². The number of hydrogen-bond donors (Lipinski definition) is 1. The molecule has 0 spiro atoms. The van der Waals surface area contributed by atoms with E-state index < -0.39 is 0 Å². The Morgan fingerprint density at radius 3 is 3.00 bits per heavy atom. The molecule has 0 unspecified atom stereocenters. The minimum absolute atomic E-state index is 0.192. The minimum atomic E-state index is -0.192. The van der Waals surface area contributed by atoms with Gasteiger partial charge < -0.3 is 15.0 Å². The molecule has 5 nitrogen and oxygen atoms in total. The minimum Gasteiger partial charge on any atom is -0.381 e. The first-order chi connectivity index (χ1) is 12.8. The highest BCUT2D eigenvalue weighted by atomic mass is 32.1. The van der Waals surface area contributed by atoms with Crippen molar-refractivity contribution in [3.05, 3.63) is 41.2 Å². The monoisotopic (exact) mass is 376 g/mol. The van der Waals surface area contributed by atoms with Crippen LogP contribution >= 0.6 is 11.3 Å². The van der Waals surface area contributed by atoms with E-state index in [0.29, 0.717) is 6.04 Å². The highest BCUT2D eigenvalue weighted by molar-refractivity contribution is 7.15. The van der Waals surface area contributed by atoms with E-state index in [4.69, 9.17) is 4.74 Å². The average molecular weight is 377 g/mol. The van der Waals surface area contributed by atoms with Crippen molar-refractivity contribution in [2.45, 2.75) is 25.4 Å². The van der Waals surface area contributed by atoms with E-state index in [1.54, 1.807) is 23.5 Å². The van der Waals surface area contributed by atoms with Crippen molar-refractivity contribution >= 4 is 22.2 Å². The number of likely N-dealkylation sites (tertiary alicyclic amines) is 1. The molecule has 1 N–H and O–H groups in total. The summed E-state index contributed by atoms with van der Waals surface area (Å²) in [4.78, 5) is 10.7. The number of halogens is 1. The van der Waals surface area contributed by atoms with Crippen molar-refractivity contribution < 1.29 is 9.13 Å². The number of aromatic nitrogens is 1. The van der Waals surface area contributed by atoms with E-state index >= 15 is 0 Å². The van der Waals surface area contributed by atoms with Crippen LogP contribution in [-0.4, -0.2) is 55.3 Å². The van der Waals surface area contributed by atoms with Crippen LogP contribution in [0, 0.1) is 5.82 Å². The Labute approximate surface area is 157 Å². The number of morpholine rings is 1. The Hall–Kier alpha value is -1.70. The van der Waals surface area contributed by atoms with Gasteiger partial charge in [0.1, 0.15) is 5.82 Å². The molecule has 1 aromatic carbocycles. The maximum Gasteiger partial charge on any atom is 0.185 e. The van der Waals surface area contributed by atoms with Crippen LogP contribution in [0.25, 0.3) is 0 Å². The van der Waals surface area contributed by atoms with Crippen molar-refractivity contribution in [3.63, 3.8) is 0 Å². The lowest BCUT2D eigenvalue weighted by Crippen LogP contribution is -2.41. The Kier molecular flexibility index (Phi) is 5.67. The van der Waals surface area contributed by atoms with Gasteiger partial charge in [0.2, 0.25) is 0 Å².